The van der Waals surface area contributed by atoms with Gasteiger partial charge in [0.2, 0.25) is 0 Å². The molecule has 0 aromatic rings. The second kappa shape index (κ2) is 6.67. The van der Waals surface area contributed by atoms with Crippen LogP contribution in [0, 0.1) is 0 Å². The normalized spacial score (nSPS) is 14.1. The summed E-state index contributed by atoms with van der Waals surface area (Å²) in [5.74, 6) is 0. The summed E-state index contributed by atoms with van der Waals surface area (Å²) in [5, 5.41) is 0. The first-order valence-corrected chi connectivity index (χ1v) is 9.23. The van der Waals surface area contributed by atoms with Crippen molar-refractivity contribution in [3.05, 3.63) is 0 Å². The van der Waals surface area contributed by atoms with Gasteiger partial charge in [-0.2, -0.15) is 0 Å². The topological polar surface area (TPSA) is 27.7 Å². The summed E-state index contributed by atoms with van der Waals surface area (Å²) in [6.45, 7) is 18.7. The average Bonchev–Trinajstić information content (AvgIpc) is 1.96. The predicted molar refractivity (Wildman–Crippen MR) is 68.4 cm³/mol. The Hall–Kier alpha value is 0.594. The Bertz CT molecular complexity index is 193. The van der Waals surface area contributed by atoms with Gasteiger partial charge in [-0.3, -0.25) is 0 Å². The maximum absolute atomic E-state index is 6.17. The monoisotopic (exact) mass is 282 g/mol. The van der Waals surface area contributed by atoms with Crippen LogP contribution in [-0.4, -0.2) is 18.3 Å². The van der Waals surface area contributed by atoms with E-state index in [-0.39, 0.29) is 22.0 Å². The standard InChI is InChI=1S/C4H9.3C3H7O.Ti/c1-4(2)3;3*1-3(2)4;/h1-3H3;3*3H,1-2H3;/q;3*-1;+3. The van der Waals surface area contributed by atoms with Crippen LogP contribution in [0.15, 0.2) is 0 Å². The molecule has 0 N–H and O–H groups in total. The predicted octanol–water partition coefficient (Wildman–Crippen LogP) is 4.38. The van der Waals surface area contributed by atoms with Gasteiger partial charge in [-0.05, 0) is 0 Å². The zero-order valence-corrected chi connectivity index (χ0v) is 14.5. The van der Waals surface area contributed by atoms with Crippen LogP contribution in [0.2, 0.25) is 3.72 Å². The first kappa shape index (κ1) is 17.6. The van der Waals surface area contributed by atoms with Crippen molar-refractivity contribution in [3.63, 3.8) is 0 Å². The Morgan fingerprint density at radius 1 is 0.647 bits per heavy atom. The zero-order chi connectivity index (χ0) is 13.9. The third-order valence-electron chi connectivity index (χ3n) is 2.09. The Labute approximate surface area is 112 Å². The molecule has 0 radical (unpaired) electrons. The summed E-state index contributed by atoms with van der Waals surface area (Å²) in [7, 11) is 0. The van der Waals surface area contributed by atoms with E-state index in [0.717, 1.165) is 0 Å². The third-order valence-corrected chi connectivity index (χ3v) is 8.62. The zero-order valence-electron chi connectivity index (χ0n) is 13.0. The molecule has 0 saturated heterocycles. The van der Waals surface area contributed by atoms with E-state index in [9.17, 15) is 0 Å². The molecule has 0 aliphatic rings. The van der Waals surface area contributed by atoms with E-state index in [4.69, 9.17) is 9.96 Å². The summed E-state index contributed by atoms with van der Waals surface area (Å²) >= 11 is -3.28. The van der Waals surface area contributed by atoms with Crippen molar-refractivity contribution in [2.24, 2.45) is 0 Å². The SMILES string of the molecule is CC(C)[O][Ti]([O]C(C)C)([O]C(C)C)[C](C)(C)C. The molecule has 0 aromatic carbocycles. The van der Waals surface area contributed by atoms with Crippen LogP contribution in [0.5, 0.6) is 0 Å². The molecule has 104 valence electrons. The molecule has 3 nitrogen and oxygen atoms in total. The Morgan fingerprint density at radius 3 is 1.00 bits per heavy atom. The fraction of sp³-hybridized carbons (Fsp3) is 1.00. The summed E-state index contributed by atoms with van der Waals surface area (Å²) < 4.78 is 18.4. The average molecular weight is 282 g/mol. The molecule has 0 saturated carbocycles. The van der Waals surface area contributed by atoms with Crippen molar-refractivity contribution >= 4 is 0 Å². The molecule has 0 aliphatic heterocycles. The second-order valence-electron chi connectivity index (χ2n) is 6.31. The van der Waals surface area contributed by atoms with Crippen LogP contribution in [0.1, 0.15) is 62.3 Å². The molecule has 0 atom stereocenters. The van der Waals surface area contributed by atoms with E-state index in [1.165, 1.54) is 0 Å². The van der Waals surface area contributed by atoms with Crippen LogP contribution in [0.4, 0.5) is 0 Å². The molecule has 0 heterocycles. The maximum atomic E-state index is 6.17. The fourth-order valence-electron chi connectivity index (χ4n) is 1.54. The van der Waals surface area contributed by atoms with Gasteiger partial charge >= 0.3 is 112 Å². The Kier molecular flexibility index (Phi) is 6.90. The third kappa shape index (κ3) is 5.84. The Morgan fingerprint density at radius 2 is 0.882 bits per heavy atom. The summed E-state index contributed by atoms with van der Waals surface area (Å²) in [5.41, 5.74) is 0. The fourth-order valence-corrected chi connectivity index (χ4v) is 6.37. The van der Waals surface area contributed by atoms with Crippen LogP contribution in [0.3, 0.4) is 0 Å². The molecule has 0 fully saturated rings. The summed E-state index contributed by atoms with van der Waals surface area (Å²) in [6.07, 6.45) is 0.394. The minimum absolute atomic E-state index is 0.0706. The minimum atomic E-state index is -3.28. The first-order chi connectivity index (χ1) is 7.50. The van der Waals surface area contributed by atoms with Crippen LogP contribution >= 0.6 is 0 Å². The number of rotatable bonds is 6. The summed E-state index contributed by atoms with van der Waals surface area (Å²) in [6, 6.07) is 0. The van der Waals surface area contributed by atoms with Crippen LogP contribution in [-0.2, 0) is 27.7 Å². The number of hydrogen-bond donors (Lipinski definition) is 0. The van der Waals surface area contributed by atoms with Gasteiger partial charge in [0, 0.05) is 0 Å². The van der Waals surface area contributed by atoms with Gasteiger partial charge in [0.15, 0.2) is 0 Å². The molecule has 0 aromatic heterocycles. The first-order valence-electron chi connectivity index (χ1n) is 6.53. The molecule has 0 unspecified atom stereocenters. The van der Waals surface area contributed by atoms with Crippen LogP contribution in [0.25, 0.3) is 0 Å². The van der Waals surface area contributed by atoms with E-state index >= 15 is 0 Å². The van der Waals surface area contributed by atoms with Crippen molar-refractivity contribution in [1.29, 1.82) is 0 Å². The molecule has 17 heavy (non-hydrogen) atoms. The molecular formula is C13H30O3Ti. The van der Waals surface area contributed by atoms with Crippen molar-refractivity contribution in [1.82, 2.24) is 0 Å². The van der Waals surface area contributed by atoms with E-state index in [1.54, 1.807) is 0 Å². The van der Waals surface area contributed by atoms with Gasteiger partial charge in [0.1, 0.15) is 0 Å². The molecule has 0 aliphatic carbocycles. The number of hydrogen-bond acceptors (Lipinski definition) is 3. The van der Waals surface area contributed by atoms with Gasteiger partial charge in [0.25, 0.3) is 0 Å². The second-order valence-corrected chi connectivity index (χ2v) is 11.5. The van der Waals surface area contributed by atoms with Gasteiger partial charge < -0.3 is 0 Å². The molecule has 0 bridgehead atoms. The molecule has 4 heteroatoms. The van der Waals surface area contributed by atoms with E-state index in [0.29, 0.717) is 0 Å². The molecule has 0 spiro atoms. The van der Waals surface area contributed by atoms with Crippen LogP contribution < -0.4 is 0 Å². The van der Waals surface area contributed by atoms with Gasteiger partial charge in [-0.25, -0.2) is 0 Å². The quantitative estimate of drug-likeness (QED) is 0.677. The van der Waals surface area contributed by atoms with Crippen molar-refractivity contribution < 1.29 is 27.7 Å². The van der Waals surface area contributed by atoms with Crippen molar-refractivity contribution in [2.45, 2.75) is 84.3 Å². The summed E-state index contributed by atoms with van der Waals surface area (Å²) in [4.78, 5) is 0. The molecule has 0 rings (SSSR count). The van der Waals surface area contributed by atoms with Gasteiger partial charge in [-0.1, -0.05) is 0 Å². The van der Waals surface area contributed by atoms with Crippen molar-refractivity contribution in [3.8, 4) is 0 Å². The molecule has 0 amide bonds. The molecular weight excluding hydrogens is 252 g/mol. The van der Waals surface area contributed by atoms with Gasteiger partial charge in [-0.15, -0.1) is 0 Å². The van der Waals surface area contributed by atoms with E-state index in [1.807, 2.05) is 41.5 Å². The van der Waals surface area contributed by atoms with E-state index in [2.05, 4.69) is 20.8 Å². The van der Waals surface area contributed by atoms with Gasteiger partial charge in [0.05, 0.1) is 0 Å². The van der Waals surface area contributed by atoms with E-state index < -0.39 is 17.8 Å². The Balaban J connectivity index is 5.20. The van der Waals surface area contributed by atoms with Crippen molar-refractivity contribution in [2.75, 3.05) is 0 Å².